The summed E-state index contributed by atoms with van der Waals surface area (Å²) in [5.74, 6) is 0.650. The standard InChI is InChI=1S/C17H16N2O3S/c1-22-13-9-10-17(15(12-13)16-8-5-11-18-16)19-23(20,21)14-6-3-2-4-7-14/h2-12,18-19H,1H3. The quantitative estimate of drug-likeness (QED) is 0.753. The SMILES string of the molecule is COc1ccc(NS(=O)(=O)c2ccccc2)c(-c2ccc[nH]2)c1. The molecule has 0 aliphatic heterocycles. The number of hydrogen-bond donors (Lipinski definition) is 2. The molecule has 0 saturated carbocycles. The summed E-state index contributed by atoms with van der Waals surface area (Å²) in [6, 6.07) is 17.2. The summed E-state index contributed by atoms with van der Waals surface area (Å²) in [6.07, 6.45) is 1.78. The van der Waals surface area contributed by atoms with Gasteiger partial charge in [0.15, 0.2) is 0 Å². The van der Waals surface area contributed by atoms with Crippen molar-refractivity contribution in [2.24, 2.45) is 0 Å². The Morgan fingerprint density at radius 1 is 1.00 bits per heavy atom. The first-order chi connectivity index (χ1) is 11.1. The number of aromatic nitrogens is 1. The smallest absolute Gasteiger partial charge is 0.261 e. The molecule has 0 atom stereocenters. The molecule has 0 saturated heterocycles. The van der Waals surface area contributed by atoms with Crippen molar-refractivity contribution in [2.75, 3.05) is 11.8 Å². The van der Waals surface area contributed by atoms with Gasteiger partial charge in [0, 0.05) is 17.5 Å². The zero-order valence-electron chi connectivity index (χ0n) is 12.5. The van der Waals surface area contributed by atoms with Crippen molar-refractivity contribution in [3.63, 3.8) is 0 Å². The Kier molecular flexibility index (Phi) is 4.08. The van der Waals surface area contributed by atoms with Gasteiger partial charge in [-0.3, -0.25) is 4.72 Å². The summed E-state index contributed by atoms with van der Waals surface area (Å²) < 4.78 is 32.9. The van der Waals surface area contributed by atoms with Crippen LogP contribution >= 0.6 is 0 Å². The van der Waals surface area contributed by atoms with E-state index in [1.807, 2.05) is 12.1 Å². The van der Waals surface area contributed by atoms with Crippen LogP contribution in [0.2, 0.25) is 0 Å². The van der Waals surface area contributed by atoms with Gasteiger partial charge in [-0.05, 0) is 42.5 Å². The number of rotatable bonds is 5. The lowest BCUT2D eigenvalue weighted by atomic mass is 10.1. The molecule has 0 amide bonds. The molecule has 2 N–H and O–H groups in total. The van der Waals surface area contributed by atoms with Gasteiger partial charge in [0.1, 0.15) is 5.75 Å². The highest BCUT2D eigenvalue weighted by Gasteiger charge is 2.17. The Labute approximate surface area is 135 Å². The van der Waals surface area contributed by atoms with Crippen LogP contribution in [0.4, 0.5) is 5.69 Å². The van der Waals surface area contributed by atoms with Gasteiger partial charge in [-0.25, -0.2) is 8.42 Å². The minimum atomic E-state index is -3.65. The van der Waals surface area contributed by atoms with Crippen LogP contribution in [0, 0.1) is 0 Å². The monoisotopic (exact) mass is 328 g/mol. The molecule has 0 aliphatic rings. The maximum absolute atomic E-state index is 12.5. The highest BCUT2D eigenvalue weighted by atomic mass is 32.2. The Bertz CT molecular complexity index is 889. The molecule has 0 radical (unpaired) electrons. The third-order valence-electron chi connectivity index (χ3n) is 3.41. The average Bonchev–Trinajstić information content (AvgIpc) is 3.10. The van der Waals surface area contributed by atoms with Crippen molar-refractivity contribution in [1.29, 1.82) is 0 Å². The molecule has 118 valence electrons. The second kappa shape index (κ2) is 6.18. The molecule has 5 nitrogen and oxygen atoms in total. The van der Waals surface area contributed by atoms with Gasteiger partial charge in [-0.1, -0.05) is 18.2 Å². The largest absolute Gasteiger partial charge is 0.497 e. The summed E-state index contributed by atoms with van der Waals surface area (Å²) in [6.45, 7) is 0. The van der Waals surface area contributed by atoms with Gasteiger partial charge in [-0.15, -0.1) is 0 Å². The van der Waals surface area contributed by atoms with E-state index in [1.165, 1.54) is 0 Å². The normalized spacial score (nSPS) is 11.2. The Hall–Kier alpha value is -2.73. The van der Waals surface area contributed by atoms with E-state index in [-0.39, 0.29) is 4.90 Å². The molecular weight excluding hydrogens is 312 g/mol. The molecule has 6 heteroatoms. The third-order valence-corrected chi connectivity index (χ3v) is 4.79. The van der Waals surface area contributed by atoms with Crippen molar-refractivity contribution in [1.82, 2.24) is 4.98 Å². The third kappa shape index (κ3) is 3.22. The molecule has 23 heavy (non-hydrogen) atoms. The van der Waals surface area contributed by atoms with Crippen LogP contribution in [-0.4, -0.2) is 20.5 Å². The van der Waals surface area contributed by atoms with E-state index in [0.29, 0.717) is 17.0 Å². The van der Waals surface area contributed by atoms with Crippen LogP contribution in [0.5, 0.6) is 5.75 Å². The Morgan fingerprint density at radius 3 is 2.43 bits per heavy atom. The number of benzene rings is 2. The predicted octanol–water partition coefficient (Wildman–Crippen LogP) is 3.49. The maximum atomic E-state index is 12.5. The fraction of sp³-hybridized carbons (Fsp3) is 0.0588. The maximum Gasteiger partial charge on any atom is 0.261 e. The number of hydrogen-bond acceptors (Lipinski definition) is 3. The summed E-state index contributed by atoms with van der Waals surface area (Å²) >= 11 is 0. The van der Waals surface area contributed by atoms with Crippen molar-refractivity contribution in [3.05, 3.63) is 66.9 Å². The molecular formula is C17H16N2O3S. The molecule has 1 aromatic heterocycles. The van der Waals surface area contributed by atoms with Crippen molar-refractivity contribution in [3.8, 4) is 17.0 Å². The van der Waals surface area contributed by atoms with Crippen LogP contribution in [-0.2, 0) is 10.0 Å². The number of anilines is 1. The van der Waals surface area contributed by atoms with Gasteiger partial charge in [0.05, 0.1) is 17.7 Å². The first kappa shape index (κ1) is 15.2. The molecule has 3 aromatic rings. The lowest BCUT2D eigenvalue weighted by Gasteiger charge is -2.13. The number of ether oxygens (including phenoxy) is 1. The summed E-state index contributed by atoms with van der Waals surface area (Å²) in [5, 5.41) is 0. The molecule has 2 aromatic carbocycles. The van der Waals surface area contributed by atoms with E-state index in [4.69, 9.17) is 4.74 Å². The highest BCUT2D eigenvalue weighted by Crippen LogP contribution is 2.32. The van der Waals surface area contributed by atoms with Crippen LogP contribution < -0.4 is 9.46 Å². The lowest BCUT2D eigenvalue weighted by Crippen LogP contribution is -2.13. The number of nitrogens with one attached hydrogen (secondary N) is 2. The molecule has 0 unspecified atom stereocenters. The van der Waals surface area contributed by atoms with Gasteiger partial charge in [0.25, 0.3) is 10.0 Å². The zero-order valence-corrected chi connectivity index (χ0v) is 13.3. The van der Waals surface area contributed by atoms with Gasteiger partial charge >= 0.3 is 0 Å². The molecule has 0 spiro atoms. The molecule has 0 aliphatic carbocycles. The molecule has 0 bridgehead atoms. The van der Waals surface area contributed by atoms with E-state index < -0.39 is 10.0 Å². The van der Waals surface area contributed by atoms with Crippen LogP contribution in [0.25, 0.3) is 11.3 Å². The highest BCUT2D eigenvalue weighted by molar-refractivity contribution is 7.92. The number of H-pyrrole nitrogens is 1. The summed E-state index contributed by atoms with van der Waals surface area (Å²) in [7, 11) is -2.08. The van der Waals surface area contributed by atoms with Crippen molar-refractivity contribution < 1.29 is 13.2 Å². The molecule has 1 heterocycles. The number of sulfonamides is 1. The zero-order chi connectivity index (χ0) is 16.3. The van der Waals surface area contributed by atoms with Gasteiger partial charge in [-0.2, -0.15) is 0 Å². The van der Waals surface area contributed by atoms with Crippen LogP contribution in [0.3, 0.4) is 0 Å². The second-order valence-corrected chi connectivity index (χ2v) is 6.60. The van der Waals surface area contributed by atoms with E-state index in [9.17, 15) is 8.42 Å². The van der Waals surface area contributed by atoms with E-state index in [0.717, 1.165) is 5.69 Å². The van der Waals surface area contributed by atoms with E-state index >= 15 is 0 Å². The minimum Gasteiger partial charge on any atom is -0.497 e. The van der Waals surface area contributed by atoms with Crippen LogP contribution in [0.15, 0.2) is 71.8 Å². The minimum absolute atomic E-state index is 0.216. The molecule has 3 rings (SSSR count). The van der Waals surface area contributed by atoms with Gasteiger partial charge < -0.3 is 9.72 Å². The second-order valence-electron chi connectivity index (χ2n) is 4.91. The average molecular weight is 328 g/mol. The lowest BCUT2D eigenvalue weighted by molar-refractivity contribution is 0.415. The van der Waals surface area contributed by atoms with Crippen molar-refractivity contribution >= 4 is 15.7 Å². The van der Waals surface area contributed by atoms with E-state index in [2.05, 4.69) is 9.71 Å². The summed E-state index contributed by atoms with van der Waals surface area (Å²) in [5.41, 5.74) is 2.00. The fourth-order valence-electron chi connectivity index (χ4n) is 2.26. The van der Waals surface area contributed by atoms with Crippen LogP contribution in [0.1, 0.15) is 0 Å². The first-order valence-corrected chi connectivity index (χ1v) is 8.48. The predicted molar refractivity (Wildman–Crippen MR) is 90.0 cm³/mol. The first-order valence-electron chi connectivity index (χ1n) is 7.00. The summed E-state index contributed by atoms with van der Waals surface area (Å²) in [4.78, 5) is 3.30. The Balaban J connectivity index is 2.03. The Morgan fingerprint density at radius 2 is 1.78 bits per heavy atom. The topological polar surface area (TPSA) is 71.2 Å². The van der Waals surface area contributed by atoms with Crippen molar-refractivity contribution in [2.45, 2.75) is 4.90 Å². The molecule has 0 fully saturated rings. The number of methoxy groups -OCH3 is 1. The number of aromatic amines is 1. The van der Waals surface area contributed by atoms with E-state index in [1.54, 1.807) is 61.8 Å². The fourth-order valence-corrected chi connectivity index (χ4v) is 3.36. The van der Waals surface area contributed by atoms with Gasteiger partial charge in [0.2, 0.25) is 0 Å².